The van der Waals surface area contributed by atoms with Crippen LogP contribution in [0, 0.1) is 11.8 Å². The fraction of sp³-hybridized carbons (Fsp3) is 0.667. The number of nitrogen functional groups attached to an aromatic ring is 1. The molecule has 2 rings (SSSR count). The summed E-state index contributed by atoms with van der Waals surface area (Å²) in [6, 6.07) is 1.87. The van der Waals surface area contributed by atoms with E-state index in [1.165, 1.54) is 25.7 Å². The summed E-state index contributed by atoms with van der Waals surface area (Å²) in [7, 11) is 0. The molecular formula is C15H22F3N3. The van der Waals surface area contributed by atoms with Crippen molar-refractivity contribution in [3.05, 3.63) is 17.7 Å². The van der Waals surface area contributed by atoms with Crippen LogP contribution in [-0.4, -0.2) is 11.5 Å². The Bertz CT molecular complexity index is 466. The van der Waals surface area contributed by atoms with Crippen molar-refractivity contribution in [2.75, 3.05) is 17.6 Å². The molecule has 3 nitrogen and oxygen atoms in total. The average molecular weight is 301 g/mol. The van der Waals surface area contributed by atoms with Gasteiger partial charge in [0.25, 0.3) is 0 Å². The van der Waals surface area contributed by atoms with E-state index in [9.17, 15) is 13.2 Å². The first kappa shape index (κ1) is 15.9. The van der Waals surface area contributed by atoms with Crippen LogP contribution in [0.25, 0.3) is 0 Å². The number of hydrogen-bond acceptors (Lipinski definition) is 3. The van der Waals surface area contributed by atoms with Gasteiger partial charge in [0, 0.05) is 6.54 Å². The van der Waals surface area contributed by atoms with Crippen LogP contribution in [0.4, 0.5) is 24.8 Å². The van der Waals surface area contributed by atoms with Gasteiger partial charge in [-0.25, -0.2) is 4.98 Å². The highest BCUT2D eigenvalue weighted by Crippen LogP contribution is 2.32. The average Bonchev–Trinajstić information content (AvgIpc) is 2.39. The summed E-state index contributed by atoms with van der Waals surface area (Å²) in [5, 5.41) is 2.97. The van der Waals surface area contributed by atoms with E-state index < -0.39 is 11.7 Å². The van der Waals surface area contributed by atoms with Gasteiger partial charge in [0.05, 0.1) is 5.56 Å². The number of hydrogen-bond donors (Lipinski definition) is 2. The van der Waals surface area contributed by atoms with Crippen LogP contribution in [0.15, 0.2) is 12.1 Å². The number of nitrogens with zero attached hydrogens (tertiary/aromatic N) is 1. The zero-order chi connectivity index (χ0) is 15.5. The molecule has 1 fully saturated rings. The van der Waals surface area contributed by atoms with Crippen LogP contribution in [-0.2, 0) is 6.18 Å². The van der Waals surface area contributed by atoms with Gasteiger partial charge >= 0.3 is 6.18 Å². The van der Waals surface area contributed by atoms with Crippen LogP contribution in [0.2, 0.25) is 0 Å². The van der Waals surface area contributed by atoms with Gasteiger partial charge in [0.2, 0.25) is 0 Å². The molecule has 0 amide bonds. The quantitative estimate of drug-likeness (QED) is 0.871. The van der Waals surface area contributed by atoms with E-state index in [1.54, 1.807) is 0 Å². The van der Waals surface area contributed by atoms with Gasteiger partial charge in [-0.3, -0.25) is 0 Å². The maximum atomic E-state index is 12.7. The van der Waals surface area contributed by atoms with E-state index in [0.29, 0.717) is 12.5 Å². The molecule has 0 aliphatic heterocycles. The predicted molar refractivity (Wildman–Crippen MR) is 77.9 cm³/mol. The largest absolute Gasteiger partial charge is 0.416 e. The highest BCUT2D eigenvalue weighted by Gasteiger charge is 2.31. The lowest BCUT2D eigenvalue weighted by Crippen LogP contribution is -2.16. The molecular weight excluding hydrogens is 279 g/mol. The van der Waals surface area contributed by atoms with Gasteiger partial charge in [0.1, 0.15) is 11.6 Å². The van der Waals surface area contributed by atoms with E-state index in [0.717, 1.165) is 24.5 Å². The fourth-order valence-electron chi connectivity index (χ4n) is 2.83. The number of nitrogens with one attached hydrogen (secondary N) is 1. The molecule has 1 aliphatic rings. The van der Waals surface area contributed by atoms with Gasteiger partial charge in [0.15, 0.2) is 0 Å². The van der Waals surface area contributed by atoms with E-state index in [4.69, 9.17) is 5.73 Å². The van der Waals surface area contributed by atoms with Crippen molar-refractivity contribution < 1.29 is 13.2 Å². The van der Waals surface area contributed by atoms with E-state index >= 15 is 0 Å². The number of rotatable bonds is 4. The van der Waals surface area contributed by atoms with Crippen molar-refractivity contribution in [3.8, 4) is 0 Å². The van der Waals surface area contributed by atoms with Crippen LogP contribution in [0.1, 0.15) is 44.6 Å². The van der Waals surface area contributed by atoms with Gasteiger partial charge in [-0.1, -0.05) is 32.6 Å². The van der Waals surface area contributed by atoms with E-state index in [-0.39, 0.29) is 11.6 Å². The van der Waals surface area contributed by atoms with Gasteiger partial charge in [-0.05, 0) is 30.4 Å². The first-order valence-electron chi connectivity index (χ1n) is 7.43. The SMILES string of the molecule is CC1CCC(CCNc2cc(C(F)(F)F)cc(N)n2)CC1. The first-order chi connectivity index (χ1) is 9.84. The third-order valence-corrected chi connectivity index (χ3v) is 4.17. The molecule has 0 atom stereocenters. The summed E-state index contributed by atoms with van der Waals surface area (Å²) in [4.78, 5) is 3.91. The summed E-state index contributed by atoms with van der Waals surface area (Å²) in [6.07, 6.45) is 1.48. The monoisotopic (exact) mass is 301 g/mol. The van der Waals surface area contributed by atoms with Crippen molar-refractivity contribution in [2.24, 2.45) is 11.8 Å². The molecule has 21 heavy (non-hydrogen) atoms. The Balaban J connectivity index is 1.87. The van der Waals surface area contributed by atoms with Gasteiger partial charge in [-0.2, -0.15) is 13.2 Å². The lowest BCUT2D eigenvalue weighted by atomic mass is 9.81. The fourth-order valence-corrected chi connectivity index (χ4v) is 2.83. The topological polar surface area (TPSA) is 50.9 Å². The molecule has 0 bridgehead atoms. The van der Waals surface area contributed by atoms with Crippen molar-refractivity contribution in [1.29, 1.82) is 0 Å². The molecule has 1 heterocycles. The Kier molecular flexibility index (Phi) is 4.96. The number of halogens is 3. The number of aromatic nitrogens is 1. The molecule has 1 saturated carbocycles. The second kappa shape index (κ2) is 6.54. The molecule has 1 aliphatic carbocycles. The van der Waals surface area contributed by atoms with E-state index in [2.05, 4.69) is 17.2 Å². The summed E-state index contributed by atoms with van der Waals surface area (Å²) < 4.78 is 38.1. The first-order valence-corrected chi connectivity index (χ1v) is 7.43. The molecule has 0 radical (unpaired) electrons. The van der Waals surface area contributed by atoms with Crippen molar-refractivity contribution in [1.82, 2.24) is 4.98 Å². The number of pyridine rings is 1. The zero-order valence-corrected chi connectivity index (χ0v) is 12.2. The zero-order valence-electron chi connectivity index (χ0n) is 12.2. The highest BCUT2D eigenvalue weighted by molar-refractivity contribution is 5.47. The third kappa shape index (κ3) is 4.79. The second-order valence-corrected chi connectivity index (χ2v) is 6.01. The van der Waals surface area contributed by atoms with Gasteiger partial charge in [-0.15, -0.1) is 0 Å². The Morgan fingerprint density at radius 2 is 1.90 bits per heavy atom. The molecule has 0 unspecified atom stereocenters. The lowest BCUT2D eigenvalue weighted by Gasteiger charge is -2.26. The normalized spacial score (nSPS) is 23.0. The van der Waals surface area contributed by atoms with Crippen LogP contribution < -0.4 is 11.1 Å². The number of alkyl halides is 3. The summed E-state index contributed by atoms with van der Waals surface area (Å²) in [5.74, 6) is 1.56. The second-order valence-electron chi connectivity index (χ2n) is 6.01. The Labute approximate surface area is 123 Å². The Morgan fingerprint density at radius 3 is 2.52 bits per heavy atom. The Hall–Kier alpha value is -1.46. The maximum absolute atomic E-state index is 12.7. The van der Waals surface area contributed by atoms with E-state index in [1.807, 2.05) is 0 Å². The number of anilines is 2. The minimum Gasteiger partial charge on any atom is -0.384 e. The number of nitrogens with two attached hydrogens (primary N) is 1. The highest BCUT2D eigenvalue weighted by atomic mass is 19.4. The standard InChI is InChI=1S/C15H22F3N3/c1-10-2-4-11(5-3-10)6-7-20-14-9-12(15(16,17)18)8-13(19)21-14/h8-11H,2-7H2,1H3,(H3,19,20,21). The molecule has 1 aromatic rings. The predicted octanol–water partition coefficient (Wildman–Crippen LogP) is 4.31. The van der Waals surface area contributed by atoms with Crippen molar-refractivity contribution >= 4 is 11.6 Å². The molecule has 0 aromatic carbocycles. The maximum Gasteiger partial charge on any atom is 0.416 e. The summed E-state index contributed by atoms with van der Waals surface area (Å²) in [6.45, 7) is 2.90. The lowest BCUT2D eigenvalue weighted by molar-refractivity contribution is -0.137. The molecule has 6 heteroatoms. The van der Waals surface area contributed by atoms with Gasteiger partial charge < -0.3 is 11.1 Å². The van der Waals surface area contributed by atoms with Crippen LogP contribution >= 0.6 is 0 Å². The molecule has 1 aromatic heterocycles. The minimum absolute atomic E-state index is 0.112. The summed E-state index contributed by atoms with van der Waals surface area (Å²) in [5.41, 5.74) is 4.67. The third-order valence-electron chi connectivity index (χ3n) is 4.17. The smallest absolute Gasteiger partial charge is 0.384 e. The van der Waals surface area contributed by atoms with Crippen molar-refractivity contribution in [2.45, 2.75) is 45.2 Å². The summed E-state index contributed by atoms with van der Waals surface area (Å²) >= 11 is 0. The van der Waals surface area contributed by atoms with Crippen LogP contribution in [0.3, 0.4) is 0 Å². The van der Waals surface area contributed by atoms with Crippen LogP contribution in [0.5, 0.6) is 0 Å². The molecule has 3 N–H and O–H groups in total. The Morgan fingerprint density at radius 1 is 1.24 bits per heavy atom. The molecule has 118 valence electrons. The van der Waals surface area contributed by atoms with Crippen molar-refractivity contribution in [3.63, 3.8) is 0 Å². The molecule has 0 spiro atoms. The molecule has 0 saturated heterocycles. The minimum atomic E-state index is -4.40.